The van der Waals surface area contributed by atoms with Crippen molar-refractivity contribution >= 4 is 52.5 Å². The summed E-state index contributed by atoms with van der Waals surface area (Å²) in [6.07, 6.45) is 3.95. The van der Waals surface area contributed by atoms with Crippen molar-refractivity contribution in [2.45, 2.75) is 161 Å². The van der Waals surface area contributed by atoms with Gasteiger partial charge in [0.05, 0.1) is 52.7 Å². The van der Waals surface area contributed by atoms with Crippen LogP contribution in [0.4, 0.5) is 5.69 Å². The van der Waals surface area contributed by atoms with E-state index in [1.807, 2.05) is 107 Å². The number of rotatable bonds is 21. The molecule has 1 aromatic heterocycles. The number of ether oxygens (including phenoxy) is 1. The number of aliphatic hydroxyl groups is 1. The molecule has 3 aromatic carbocycles. The van der Waals surface area contributed by atoms with E-state index < -0.39 is 59.6 Å². The van der Waals surface area contributed by atoms with Crippen LogP contribution < -0.4 is 32.3 Å². The fraction of sp³-hybridized carbons (Fsp3) is 0.500. The number of β-amino-alcohol motifs (C(OH)–C–C–N with tert-alkyl or cyclic N) is 1. The number of benzene rings is 3. The summed E-state index contributed by atoms with van der Waals surface area (Å²) in [4.78, 5) is 88.4. The van der Waals surface area contributed by atoms with E-state index in [0.29, 0.717) is 25.7 Å². The summed E-state index contributed by atoms with van der Waals surface area (Å²) >= 11 is 1.57. The molecule has 0 saturated carbocycles. The highest BCUT2D eigenvalue weighted by Gasteiger charge is 2.45. The molecular weight excluding hydrogens is 921 g/mol. The Bertz CT molecular complexity index is 2540. The van der Waals surface area contributed by atoms with Crippen molar-refractivity contribution in [3.8, 4) is 10.4 Å². The molecule has 1 fully saturated rings. The summed E-state index contributed by atoms with van der Waals surface area (Å²) in [7, 11) is 0. The van der Waals surface area contributed by atoms with Gasteiger partial charge in [0.1, 0.15) is 18.1 Å². The summed E-state index contributed by atoms with van der Waals surface area (Å²) in [5.41, 5.74) is 20.6. The lowest BCUT2D eigenvalue weighted by Crippen LogP contribution is -2.57. The number of para-hydroxylation sites is 1. The molecule has 16 nitrogen and oxygen atoms in total. The first kappa shape index (κ1) is 52.8. The Morgan fingerprint density at radius 2 is 1.61 bits per heavy atom. The zero-order valence-electron chi connectivity index (χ0n) is 41.6. The van der Waals surface area contributed by atoms with Gasteiger partial charge < -0.3 is 42.2 Å². The number of unbranched alkanes of at least 4 members (excludes halogenated alkanes) is 2. The molecule has 8 N–H and O–H groups in total. The molecule has 4 heterocycles. The maximum atomic E-state index is 14.1. The number of primary amides is 1. The molecule has 0 aliphatic carbocycles. The van der Waals surface area contributed by atoms with Crippen molar-refractivity contribution in [2.24, 2.45) is 16.9 Å². The number of aliphatic hydroxyl groups excluding tert-OH is 1. The number of hydrogen-bond acceptors (Lipinski definition) is 11. The molecule has 380 valence electrons. The minimum atomic E-state index is -0.895. The maximum absolute atomic E-state index is 14.1. The van der Waals surface area contributed by atoms with Gasteiger partial charge in [0, 0.05) is 38.8 Å². The second kappa shape index (κ2) is 23.5. The van der Waals surface area contributed by atoms with Gasteiger partial charge in [0.25, 0.3) is 0 Å². The highest BCUT2D eigenvalue weighted by molar-refractivity contribution is 7.13. The second-order valence-corrected chi connectivity index (χ2v) is 21.3. The lowest BCUT2D eigenvalue weighted by atomic mass is 9.85. The number of nitrogens with zero attached hydrogens (tertiary/aromatic N) is 3. The summed E-state index contributed by atoms with van der Waals surface area (Å²) in [5, 5.41) is 19.6. The fourth-order valence-corrected chi connectivity index (χ4v) is 10.6. The fourth-order valence-electron chi connectivity index (χ4n) is 9.81. The molecule has 0 bridgehead atoms. The Balaban J connectivity index is 0.841. The van der Waals surface area contributed by atoms with Crippen molar-refractivity contribution in [2.75, 3.05) is 11.4 Å². The lowest BCUT2D eigenvalue weighted by molar-refractivity contribution is -0.144. The third kappa shape index (κ3) is 13.3. The van der Waals surface area contributed by atoms with Crippen molar-refractivity contribution in [3.63, 3.8) is 0 Å². The van der Waals surface area contributed by atoms with Gasteiger partial charge in [-0.2, -0.15) is 0 Å². The normalized spacial score (nSPS) is 19.9. The average molecular weight is 991 g/mol. The summed E-state index contributed by atoms with van der Waals surface area (Å²) in [5.74, 6) is -2.08. The van der Waals surface area contributed by atoms with Crippen molar-refractivity contribution in [1.29, 1.82) is 0 Å². The van der Waals surface area contributed by atoms with Crippen LogP contribution in [0.2, 0.25) is 0 Å². The van der Waals surface area contributed by atoms with Crippen molar-refractivity contribution in [1.82, 2.24) is 25.8 Å². The third-order valence-electron chi connectivity index (χ3n) is 14.0. The van der Waals surface area contributed by atoms with Crippen LogP contribution in [-0.4, -0.2) is 99.4 Å². The number of aryl methyl sites for hydroxylation is 3. The van der Waals surface area contributed by atoms with Gasteiger partial charge in [-0.15, -0.1) is 11.3 Å². The highest BCUT2D eigenvalue weighted by Crippen LogP contribution is 2.39. The predicted molar refractivity (Wildman–Crippen MR) is 273 cm³/mol. The Morgan fingerprint density at radius 3 is 2.30 bits per heavy atom. The van der Waals surface area contributed by atoms with E-state index in [0.717, 1.165) is 68.9 Å². The smallest absolute Gasteiger partial charge is 0.246 e. The number of carbonyl (C=O) groups is 6. The molecular formula is C54H70N8O8S. The number of likely N-dealkylation sites (tertiary alicyclic amines) is 1. The number of carbonyl (C=O) groups excluding carboxylic acids is 6. The Labute approximate surface area is 420 Å². The van der Waals surface area contributed by atoms with E-state index in [2.05, 4.69) is 20.9 Å². The molecule has 17 heteroatoms. The van der Waals surface area contributed by atoms with E-state index in [9.17, 15) is 33.9 Å². The Kier molecular flexibility index (Phi) is 17.5. The molecule has 6 amide bonds. The zero-order chi connectivity index (χ0) is 51.0. The van der Waals surface area contributed by atoms with Crippen molar-refractivity contribution in [3.05, 3.63) is 106 Å². The van der Waals surface area contributed by atoms with Gasteiger partial charge in [-0.1, -0.05) is 93.9 Å². The molecule has 0 unspecified atom stereocenters. The first-order valence-electron chi connectivity index (χ1n) is 24.9. The zero-order valence-corrected chi connectivity index (χ0v) is 42.4. The molecule has 1 saturated heterocycles. The van der Waals surface area contributed by atoms with E-state index in [-0.39, 0.29) is 69.0 Å². The molecule has 3 aliphatic rings. The van der Waals surface area contributed by atoms with E-state index >= 15 is 0 Å². The first-order valence-corrected chi connectivity index (χ1v) is 25.8. The van der Waals surface area contributed by atoms with Gasteiger partial charge in [-0.3, -0.25) is 33.7 Å². The number of thiazole rings is 1. The first-order chi connectivity index (χ1) is 33.9. The van der Waals surface area contributed by atoms with Crippen LogP contribution in [0, 0.1) is 12.3 Å². The number of amides is 6. The number of aromatic nitrogens is 1. The highest BCUT2D eigenvalue weighted by atomic mass is 32.1. The van der Waals surface area contributed by atoms with Crippen LogP contribution in [0.1, 0.15) is 113 Å². The third-order valence-corrected chi connectivity index (χ3v) is 14.9. The molecule has 7 rings (SSSR count). The van der Waals surface area contributed by atoms with Gasteiger partial charge in [0.2, 0.25) is 35.4 Å². The van der Waals surface area contributed by atoms with Crippen LogP contribution in [0.25, 0.3) is 10.4 Å². The maximum Gasteiger partial charge on any atom is 0.246 e. The van der Waals surface area contributed by atoms with Gasteiger partial charge in [-0.05, 0) is 91.2 Å². The average Bonchev–Trinajstić information content (AvgIpc) is 4.06. The minimum Gasteiger partial charge on any atom is -0.391 e. The standard InChI is InChI=1S/C54H70N8O8S/c1-32-48(71-31-58-32)38-20-18-35(19-21-38)28-57-50(66)43-27-40(63)29-61(43)53(69)49(54(3,4)5)60-46(65)13-8-6-7-10-34-14-16-36(17-15-34)30-70-33(2)42(24-25-45(56)64)59-51(67)44-26-39-12-9-11-37-22-23-41(55)52(68)62(44)47(37)39/h9,11-12,14-21,31,33,40-44,49,63H,6-8,10,13,22-30,55H2,1-5H3,(H2,56,64)(H,57,66)(H,59,67)(H,60,65)/t33-,40-,41+,42+,43+,44+,49-/m1/s1. The topological polar surface area (TPSA) is 239 Å². The summed E-state index contributed by atoms with van der Waals surface area (Å²) in [6, 6.07) is 18.1. The second-order valence-electron chi connectivity index (χ2n) is 20.5. The van der Waals surface area contributed by atoms with Gasteiger partial charge >= 0.3 is 0 Å². The van der Waals surface area contributed by atoms with Gasteiger partial charge in [0.15, 0.2) is 0 Å². The number of nitrogens with two attached hydrogens (primary N) is 2. The molecule has 4 aromatic rings. The number of anilines is 1. The molecule has 0 spiro atoms. The van der Waals surface area contributed by atoms with Crippen molar-refractivity contribution < 1.29 is 38.6 Å². The Hall–Kier alpha value is -6.01. The quantitative estimate of drug-likeness (QED) is 0.0617. The number of nitrogens with one attached hydrogen (secondary N) is 3. The van der Waals surface area contributed by atoms with Gasteiger partial charge in [-0.25, -0.2) is 4.98 Å². The predicted octanol–water partition coefficient (Wildman–Crippen LogP) is 4.92. The van der Waals surface area contributed by atoms with E-state index in [1.165, 1.54) is 4.90 Å². The van der Waals surface area contributed by atoms with E-state index in [4.69, 9.17) is 16.2 Å². The van der Waals surface area contributed by atoms with Crippen LogP contribution in [0.3, 0.4) is 0 Å². The lowest BCUT2D eigenvalue weighted by Gasteiger charge is -2.35. The monoisotopic (exact) mass is 991 g/mol. The Morgan fingerprint density at radius 1 is 0.901 bits per heavy atom. The largest absolute Gasteiger partial charge is 0.391 e. The SMILES string of the molecule is Cc1ncsc1-c1ccc(CNC(=O)[C@@H]2C[C@@H](O)CN2C(=O)[C@@H](NC(=O)CCCCCc2ccc(CO[C@H](C)[C@H](CCC(N)=O)NC(=O)[C@@H]3Cc4cccc5c4N3C(=O)[C@@H](N)CC5)cc2)C(C)(C)C)cc1. The summed E-state index contributed by atoms with van der Waals surface area (Å²) in [6.45, 7) is 9.97. The molecule has 0 radical (unpaired) electrons. The molecule has 71 heavy (non-hydrogen) atoms. The minimum absolute atomic E-state index is 0.00549. The summed E-state index contributed by atoms with van der Waals surface area (Å²) < 4.78 is 6.26. The van der Waals surface area contributed by atoms with E-state index in [1.54, 1.807) is 16.2 Å². The van der Waals surface area contributed by atoms with Crippen LogP contribution >= 0.6 is 11.3 Å². The van der Waals surface area contributed by atoms with Crippen LogP contribution in [0.15, 0.2) is 72.2 Å². The number of hydrogen-bond donors (Lipinski definition) is 6. The molecule has 3 aliphatic heterocycles. The van der Waals surface area contributed by atoms with Crippen LogP contribution in [-0.2, 0) is 65.9 Å². The molecule has 7 atom stereocenters. The van der Waals surface area contributed by atoms with Crippen LogP contribution in [0.5, 0.6) is 0 Å².